The predicted octanol–water partition coefficient (Wildman–Crippen LogP) is 4.09. The third-order valence-corrected chi connectivity index (χ3v) is 4.97. The average molecular weight is 451 g/mol. The van der Waals surface area contributed by atoms with Gasteiger partial charge in [0, 0.05) is 14.5 Å². The van der Waals surface area contributed by atoms with E-state index in [1.807, 2.05) is 24.3 Å². The van der Waals surface area contributed by atoms with Crippen LogP contribution < -0.4 is 5.56 Å². The van der Waals surface area contributed by atoms with Crippen molar-refractivity contribution in [3.05, 3.63) is 79.2 Å². The second-order valence-corrected chi connectivity index (χ2v) is 7.32. The predicted molar refractivity (Wildman–Crippen MR) is 104 cm³/mol. The zero-order valence-electron chi connectivity index (χ0n) is 13.1. The first-order chi connectivity index (χ1) is 12.5. The Morgan fingerprint density at radius 3 is 2.58 bits per heavy atom. The molecule has 4 aromatic rings. The van der Waals surface area contributed by atoms with E-state index >= 15 is 0 Å². The molecule has 0 aliphatic rings. The lowest BCUT2D eigenvalue weighted by molar-refractivity contribution is 0.745. The molecular formula is C17H10BrCl2N5O. The van der Waals surface area contributed by atoms with E-state index in [2.05, 4.69) is 31.2 Å². The van der Waals surface area contributed by atoms with Crippen LogP contribution in [0.1, 0.15) is 5.56 Å². The van der Waals surface area contributed by atoms with Gasteiger partial charge in [-0.3, -0.25) is 9.36 Å². The summed E-state index contributed by atoms with van der Waals surface area (Å²) in [6, 6.07) is 12.6. The fourth-order valence-corrected chi connectivity index (χ4v) is 3.28. The van der Waals surface area contributed by atoms with Gasteiger partial charge in [0.15, 0.2) is 11.2 Å². The molecule has 0 aliphatic heterocycles. The Bertz CT molecular complexity index is 1170. The molecule has 0 saturated carbocycles. The van der Waals surface area contributed by atoms with E-state index in [0.717, 1.165) is 15.7 Å². The van der Waals surface area contributed by atoms with Crippen LogP contribution in [0.15, 0.2) is 58.1 Å². The number of halogens is 3. The zero-order chi connectivity index (χ0) is 18.3. The van der Waals surface area contributed by atoms with Crippen LogP contribution in [0.3, 0.4) is 0 Å². The van der Waals surface area contributed by atoms with E-state index in [-0.39, 0.29) is 17.6 Å². The Morgan fingerprint density at radius 2 is 1.85 bits per heavy atom. The summed E-state index contributed by atoms with van der Waals surface area (Å²) in [6.07, 6.45) is 1.47. The smallest absolute Gasteiger partial charge is 0.283 e. The summed E-state index contributed by atoms with van der Waals surface area (Å²) < 4.78 is 3.92. The van der Waals surface area contributed by atoms with E-state index in [4.69, 9.17) is 23.2 Å². The maximum atomic E-state index is 12.7. The van der Waals surface area contributed by atoms with E-state index in [0.29, 0.717) is 15.7 Å². The number of fused-ring (bicyclic) bond motifs is 1. The second-order valence-electron chi connectivity index (χ2n) is 5.56. The summed E-state index contributed by atoms with van der Waals surface area (Å²) in [7, 11) is 0. The fourth-order valence-electron chi connectivity index (χ4n) is 2.55. The van der Waals surface area contributed by atoms with Crippen LogP contribution in [0.4, 0.5) is 0 Å². The van der Waals surface area contributed by atoms with Gasteiger partial charge >= 0.3 is 0 Å². The van der Waals surface area contributed by atoms with Crippen molar-refractivity contribution in [3.8, 4) is 5.69 Å². The molecule has 130 valence electrons. The molecule has 0 radical (unpaired) electrons. The third-order valence-electron chi connectivity index (χ3n) is 3.86. The number of hydrogen-bond acceptors (Lipinski definition) is 4. The van der Waals surface area contributed by atoms with Crippen molar-refractivity contribution in [2.45, 2.75) is 6.54 Å². The Morgan fingerprint density at radius 1 is 1.08 bits per heavy atom. The van der Waals surface area contributed by atoms with Crippen LogP contribution in [-0.2, 0) is 6.54 Å². The van der Waals surface area contributed by atoms with E-state index in [9.17, 15) is 4.79 Å². The lowest BCUT2D eigenvalue weighted by Gasteiger charge is -2.07. The number of hydrogen-bond donors (Lipinski definition) is 0. The average Bonchev–Trinajstić information content (AvgIpc) is 3.05. The monoisotopic (exact) mass is 449 g/mol. The molecule has 0 saturated heterocycles. The largest absolute Gasteiger partial charge is 0.293 e. The molecule has 0 aliphatic carbocycles. The van der Waals surface area contributed by atoms with Crippen molar-refractivity contribution in [2.24, 2.45) is 0 Å². The molecule has 2 aromatic carbocycles. The van der Waals surface area contributed by atoms with Crippen LogP contribution in [0, 0.1) is 0 Å². The molecule has 0 bridgehead atoms. The van der Waals surface area contributed by atoms with Crippen LogP contribution in [0.5, 0.6) is 0 Å². The van der Waals surface area contributed by atoms with Gasteiger partial charge in [0.1, 0.15) is 6.33 Å². The molecule has 9 heteroatoms. The van der Waals surface area contributed by atoms with Gasteiger partial charge in [-0.05, 0) is 42.0 Å². The lowest BCUT2D eigenvalue weighted by Crippen LogP contribution is -2.21. The van der Waals surface area contributed by atoms with Gasteiger partial charge in [0.05, 0.1) is 12.2 Å². The zero-order valence-corrected chi connectivity index (χ0v) is 16.2. The first-order valence-electron chi connectivity index (χ1n) is 7.53. The lowest BCUT2D eigenvalue weighted by atomic mass is 10.2. The van der Waals surface area contributed by atoms with E-state index < -0.39 is 0 Å². The van der Waals surface area contributed by atoms with E-state index in [1.165, 1.54) is 15.6 Å². The van der Waals surface area contributed by atoms with Crippen LogP contribution in [0.2, 0.25) is 10.0 Å². The molecule has 0 fully saturated rings. The van der Waals surface area contributed by atoms with Crippen molar-refractivity contribution in [2.75, 3.05) is 0 Å². The normalized spacial score (nSPS) is 11.2. The summed E-state index contributed by atoms with van der Waals surface area (Å²) in [5, 5.41) is 9.10. The van der Waals surface area contributed by atoms with Gasteiger partial charge in [-0.2, -0.15) is 4.68 Å². The van der Waals surface area contributed by atoms with Crippen LogP contribution in [0.25, 0.3) is 16.9 Å². The van der Waals surface area contributed by atoms with Crippen molar-refractivity contribution in [1.82, 2.24) is 24.5 Å². The third kappa shape index (κ3) is 3.13. The molecular weight excluding hydrogens is 441 g/mol. The number of aromatic nitrogens is 5. The first kappa shape index (κ1) is 17.2. The number of rotatable bonds is 3. The fraction of sp³-hybridized carbons (Fsp3) is 0.0588. The van der Waals surface area contributed by atoms with Crippen LogP contribution in [-0.4, -0.2) is 24.5 Å². The first-order valence-corrected chi connectivity index (χ1v) is 9.08. The minimum atomic E-state index is -0.288. The summed E-state index contributed by atoms with van der Waals surface area (Å²) >= 11 is 15.5. The quantitative estimate of drug-likeness (QED) is 0.471. The molecule has 2 heterocycles. The maximum absolute atomic E-state index is 12.7. The molecule has 2 aromatic heterocycles. The SMILES string of the molecule is O=c1c2nnn(-c3ccc(Br)cc3)c2ncn1Cc1ccc(Cl)cc1Cl. The number of nitrogens with zero attached hydrogens (tertiary/aromatic N) is 5. The highest BCUT2D eigenvalue weighted by Gasteiger charge is 2.14. The summed E-state index contributed by atoms with van der Waals surface area (Å²) in [4.78, 5) is 17.1. The maximum Gasteiger partial charge on any atom is 0.283 e. The van der Waals surface area contributed by atoms with Crippen LogP contribution >= 0.6 is 39.1 Å². The molecule has 0 atom stereocenters. The Hall–Kier alpha value is -2.22. The summed E-state index contributed by atoms with van der Waals surface area (Å²) in [6.45, 7) is 0.267. The minimum Gasteiger partial charge on any atom is -0.293 e. The molecule has 0 amide bonds. The minimum absolute atomic E-state index is 0.195. The standard InChI is InChI=1S/C17H10BrCl2N5O/c18-11-2-5-13(6-3-11)25-16-15(22-23-25)17(26)24(9-21-16)8-10-1-4-12(19)7-14(10)20/h1-7,9H,8H2. The van der Waals surface area contributed by atoms with Crippen molar-refractivity contribution in [1.29, 1.82) is 0 Å². The summed E-state index contributed by atoms with van der Waals surface area (Å²) in [5.41, 5.74) is 1.83. The molecule has 6 nitrogen and oxygen atoms in total. The van der Waals surface area contributed by atoms with Gasteiger partial charge in [0.25, 0.3) is 5.56 Å². The Kier molecular flexibility index (Phi) is 4.52. The van der Waals surface area contributed by atoms with Crippen molar-refractivity contribution in [3.63, 3.8) is 0 Å². The van der Waals surface area contributed by atoms with Gasteiger partial charge in [0.2, 0.25) is 0 Å². The van der Waals surface area contributed by atoms with Crippen molar-refractivity contribution >= 4 is 50.3 Å². The topological polar surface area (TPSA) is 65.6 Å². The summed E-state index contributed by atoms with van der Waals surface area (Å²) in [5.74, 6) is 0. The van der Waals surface area contributed by atoms with Gasteiger partial charge in [-0.1, -0.05) is 50.4 Å². The second kappa shape index (κ2) is 6.83. The Balaban J connectivity index is 1.76. The van der Waals surface area contributed by atoms with Crippen molar-refractivity contribution < 1.29 is 0 Å². The molecule has 0 unspecified atom stereocenters. The van der Waals surface area contributed by atoms with E-state index in [1.54, 1.807) is 18.2 Å². The molecule has 4 rings (SSSR count). The van der Waals surface area contributed by atoms with Gasteiger partial charge in [-0.25, -0.2) is 4.98 Å². The Labute approximate surface area is 166 Å². The van der Waals surface area contributed by atoms with Gasteiger partial charge in [-0.15, -0.1) is 5.10 Å². The van der Waals surface area contributed by atoms with Gasteiger partial charge < -0.3 is 0 Å². The molecule has 26 heavy (non-hydrogen) atoms. The highest BCUT2D eigenvalue weighted by Crippen LogP contribution is 2.21. The highest BCUT2D eigenvalue weighted by molar-refractivity contribution is 9.10. The molecule has 0 spiro atoms. The number of benzene rings is 2. The highest BCUT2D eigenvalue weighted by atomic mass is 79.9. The molecule has 0 N–H and O–H groups in total.